The smallest absolute Gasteiger partial charge is 0.305 e. The van der Waals surface area contributed by atoms with E-state index in [0.717, 1.165) is 22.6 Å². The first-order valence-corrected chi connectivity index (χ1v) is 7.47. The van der Waals surface area contributed by atoms with Gasteiger partial charge in [0.15, 0.2) is 0 Å². The number of aromatic nitrogens is 2. The topological polar surface area (TPSA) is 53.4 Å². The Morgan fingerprint density at radius 3 is 2.90 bits per heavy atom. The first-order chi connectivity index (χ1) is 10.2. The molecule has 1 heterocycles. The lowest BCUT2D eigenvalue weighted by Crippen LogP contribution is -2.08. The van der Waals surface area contributed by atoms with Gasteiger partial charge in [0.2, 0.25) is 0 Å². The van der Waals surface area contributed by atoms with E-state index in [1.54, 1.807) is 14.0 Å². The number of hydrogen-bond donors (Lipinski definition) is 0. The molecule has 0 aliphatic carbocycles. The molecule has 5 nitrogen and oxygen atoms in total. The van der Waals surface area contributed by atoms with E-state index in [9.17, 15) is 4.79 Å². The molecule has 0 aliphatic heterocycles. The number of carbonyl (C=O) groups excluding carboxylic acids is 1. The monoisotopic (exact) mass is 310 g/mol. The molecule has 0 N–H and O–H groups in total. The molecule has 0 spiro atoms. The first kappa shape index (κ1) is 15.6. The minimum absolute atomic E-state index is 0.170. The van der Waals surface area contributed by atoms with Crippen molar-refractivity contribution in [3.05, 3.63) is 24.0 Å². The number of aryl methyl sites for hydroxylation is 1. The fourth-order valence-electron chi connectivity index (χ4n) is 2.25. The zero-order valence-corrected chi connectivity index (χ0v) is 13.0. The molecule has 0 unspecified atom stereocenters. The molecule has 2 aromatic rings. The highest BCUT2D eigenvalue weighted by molar-refractivity contribution is 6.16. The van der Waals surface area contributed by atoms with E-state index in [-0.39, 0.29) is 5.97 Å². The maximum atomic E-state index is 11.4. The Balaban J connectivity index is 2.16. The van der Waals surface area contributed by atoms with Crippen LogP contribution in [0.1, 0.15) is 25.6 Å². The second-order valence-corrected chi connectivity index (χ2v) is 4.84. The maximum absolute atomic E-state index is 11.4. The van der Waals surface area contributed by atoms with E-state index in [0.29, 0.717) is 31.9 Å². The number of nitrogens with zero attached hydrogens (tertiary/aromatic N) is 2. The summed E-state index contributed by atoms with van der Waals surface area (Å²) in [6.07, 6.45) is 1.09. The van der Waals surface area contributed by atoms with Crippen molar-refractivity contribution in [3.63, 3.8) is 0 Å². The second kappa shape index (κ2) is 7.31. The molecule has 6 heteroatoms. The van der Waals surface area contributed by atoms with Crippen molar-refractivity contribution in [1.29, 1.82) is 0 Å². The van der Waals surface area contributed by atoms with Gasteiger partial charge >= 0.3 is 5.97 Å². The maximum Gasteiger partial charge on any atom is 0.305 e. The van der Waals surface area contributed by atoms with Gasteiger partial charge in [0.05, 0.1) is 30.6 Å². The van der Waals surface area contributed by atoms with Crippen LogP contribution in [-0.4, -0.2) is 29.2 Å². The van der Waals surface area contributed by atoms with Crippen LogP contribution in [-0.2, 0) is 22.0 Å². The van der Waals surface area contributed by atoms with Crippen LogP contribution in [0.25, 0.3) is 11.0 Å². The summed E-state index contributed by atoms with van der Waals surface area (Å²) < 4.78 is 12.2. The number of halogens is 1. The molecule has 2 rings (SSSR count). The zero-order chi connectivity index (χ0) is 15.2. The number of esters is 1. The Morgan fingerprint density at radius 1 is 1.43 bits per heavy atom. The van der Waals surface area contributed by atoms with Crippen molar-refractivity contribution < 1.29 is 14.3 Å². The van der Waals surface area contributed by atoms with Crippen LogP contribution in [0.15, 0.2) is 18.2 Å². The Kier molecular flexibility index (Phi) is 5.44. The minimum Gasteiger partial charge on any atom is -0.497 e. The minimum atomic E-state index is -0.170. The van der Waals surface area contributed by atoms with Crippen LogP contribution in [0.3, 0.4) is 0 Å². The molecule has 0 radical (unpaired) electrons. The number of benzene rings is 1. The first-order valence-electron chi connectivity index (χ1n) is 6.94. The van der Waals surface area contributed by atoms with Crippen LogP contribution in [0.5, 0.6) is 5.75 Å². The number of carbonyl (C=O) groups is 1. The van der Waals surface area contributed by atoms with E-state index >= 15 is 0 Å². The van der Waals surface area contributed by atoms with Gasteiger partial charge in [0, 0.05) is 19.0 Å². The van der Waals surface area contributed by atoms with Gasteiger partial charge in [-0.15, -0.1) is 11.6 Å². The Hall–Kier alpha value is -1.75. The van der Waals surface area contributed by atoms with E-state index in [1.165, 1.54) is 0 Å². The average molecular weight is 311 g/mol. The second-order valence-electron chi connectivity index (χ2n) is 4.58. The number of alkyl halides is 1. The van der Waals surface area contributed by atoms with Gasteiger partial charge in [-0.3, -0.25) is 4.79 Å². The molecule has 0 atom stereocenters. The van der Waals surface area contributed by atoms with Crippen molar-refractivity contribution >= 4 is 28.6 Å². The largest absolute Gasteiger partial charge is 0.497 e. The third-order valence-corrected chi connectivity index (χ3v) is 3.46. The lowest BCUT2D eigenvalue weighted by atomic mass is 10.2. The van der Waals surface area contributed by atoms with Crippen LogP contribution in [0, 0.1) is 0 Å². The van der Waals surface area contributed by atoms with Crippen LogP contribution in [0.4, 0.5) is 0 Å². The third-order valence-electron chi connectivity index (χ3n) is 3.22. The molecule has 0 aliphatic rings. The lowest BCUT2D eigenvalue weighted by Gasteiger charge is -2.08. The molecule has 1 aromatic carbocycles. The van der Waals surface area contributed by atoms with Gasteiger partial charge in [-0.2, -0.15) is 0 Å². The summed E-state index contributed by atoms with van der Waals surface area (Å²) in [6, 6.07) is 5.73. The molecule has 0 bridgehead atoms. The Bertz CT molecular complexity index is 625. The normalized spacial score (nSPS) is 10.8. The fraction of sp³-hybridized carbons (Fsp3) is 0.467. The highest BCUT2D eigenvalue weighted by Gasteiger charge is 2.11. The van der Waals surface area contributed by atoms with E-state index in [2.05, 4.69) is 4.98 Å². The standard InChI is InChI=1S/C15H19ClN2O3/c1-3-21-15(19)5-4-8-18-13-7-6-11(20-2)9-12(13)17-14(18)10-16/h6-7,9H,3-5,8,10H2,1-2H3. The number of ether oxygens (including phenoxy) is 2. The van der Waals surface area contributed by atoms with Crippen LogP contribution < -0.4 is 4.74 Å². The van der Waals surface area contributed by atoms with Gasteiger partial charge in [0.1, 0.15) is 11.6 Å². The van der Waals surface area contributed by atoms with E-state index < -0.39 is 0 Å². The van der Waals surface area contributed by atoms with Gasteiger partial charge in [-0.25, -0.2) is 4.98 Å². The van der Waals surface area contributed by atoms with E-state index in [1.807, 2.05) is 22.8 Å². The molecular weight excluding hydrogens is 292 g/mol. The average Bonchev–Trinajstić information content (AvgIpc) is 2.84. The van der Waals surface area contributed by atoms with Gasteiger partial charge in [-0.05, 0) is 25.5 Å². The molecule has 0 fully saturated rings. The molecule has 114 valence electrons. The van der Waals surface area contributed by atoms with Crippen molar-refractivity contribution in [2.75, 3.05) is 13.7 Å². The fourth-order valence-corrected chi connectivity index (χ4v) is 2.46. The summed E-state index contributed by atoms with van der Waals surface area (Å²) in [5.74, 6) is 1.72. The number of hydrogen-bond acceptors (Lipinski definition) is 4. The van der Waals surface area contributed by atoms with Crippen LogP contribution in [0.2, 0.25) is 0 Å². The summed E-state index contributed by atoms with van der Waals surface area (Å²) in [5.41, 5.74) is 1.84. The van der Waals surface area contributed by atoms with E-state index in [4.69, 9.17) is 21.1 Å². The predicted molar refractivity (Wildman–Crippen MR) is 81.7 cm³/mol. The van der Waals surface area contributed by atoms with Crippen molar-refractivity contribution in [1.82, 2.24) is 9.55 Å². The molecule has 0 saturated heterocycles. The Labute approximate surface area is 128 Å². The summed E-state index contributed by atoms with van der Waals surface area (Å²) in [7, 11) is 1.62. The molecule has 21 heavy (non-hydrogen) atoms. The van der Waals surface area contributed by atoms with Crippen LogP contribution >= 0.6 is 11.6 Å². The summed E-state index contributed by atoms with van der Waals surface area (Å²) in [5, 5.41) is 0. The summed E-state index contributed by atoms with van der Waals surface area (Å²) in [4.78, 5) is 15.9. The third kappa shape index (κ3) is 3.67. The zero-order valence-electron chi connectivity index (χ0n) is 12.3. The highest BCUT2D eigenvalue weighted by atomic mass is 35.5. The number of imidazole rings is 1. The molecule has 0 saturated carbocycles. The molecule has 0 amide bonds. The van der Waals surface area contributed by atoms with Gasteiger partial charge < -0.3 is 14.0 Å². The lowest BCUT2D eigenvalue weighted by molar-refractivity contribution is -0.143. The van der Waals surface area contributed by atoms with Crippen molar-refractivity contribution in [2.24, 2.45) is 0 Å². The SMILES string of the molecule is CCOC(=O)CCCn1c(CCl)nc2cc(OC)ccc21. The summed E-state index contributed by atoms with van der Waals surface area (Å²) >= 11 is 5.96. The molecular formula is C15H19ClN2O3. The van der Waals surface area contributed by atoms with Crippen molar-refractivity contribution in [2.45, 2.75) is 32.2 Å². The Morgan fingerprint density at radius 2 is 2.24 bits per heavy atom. The van der Waals surface area contributed by atoms with Gasteiger partial charge in [-0.1, -0.05) is 0 Å². The quantitative estimate of drug-likeness (QED) is 0.582. The number of rotatable bonds is 7. The van der Waals surface area contributed by atoms with Crippen molar-refractivity contribution in [3.8, 4) is 5.75 Å². The predicted octanol–water partition coefficient (Wildman–Crippen LogP) is 3.13. The summed E-state index contributed by atoms with van der Waals surface area (Å²) in [6.45, 7) is 2.91. The number of methoxy groups -OCH3 is 1. The number of fused-ring (bicyclic) bond motifs is 1. The molecule has 1 aromatic heterocycles. The van der Waals surface area contributed by atoms with Gasteiger partial charge in [0.25, 0.3) is 0 Å². The highest BCUT2D eigenvalue weighted by Crippen LogP contribution is 2.23.